The van der Waals surface area contributed by atoms with Crippen LogP contribution in [0.5, 0.6) is 5.75 Å². The number of benzene rings is 1. The molecule has 0 fully saturated rings. The molecule has 1 aromatic carbocycles. The Hall–Kier alpha value is -2.60. The maximum atomic E-state index is 11.8. The number of aryl methyl sites for hydroxylation is 1. The summed E-state index contributed by atoms with van der Waals surface area (Å²) in [4.78, 5) is 24.5. The van der Waals surface area contributed by atoms with Crippen LogP contribution < -0.4 is 5.63 Å². The maximum absolute atomic E-state index is 11.8. The van der Waals surface area contributed by atoms with Gasteiger partial charge in [-0.15, -0.1) is 11.3 Å². The first kappa shape index (κ1) is 15.3. The second-order valence-corrected chi connectivity index (χ2v) is 6.04. The van der Waals surface area contributed by atoms with Crippen molar-refractivity contribution in [3.05, 3.63) is 62.6 Å². The molecule has 0 aliphatic carbocycles. The molecule has 5 nitrogen and oxygen atoms in total. The van der Waals surface area contributed by atoms with E-state index in [1.807, 2.05) is 17.5 Å². The normalized spacial score (nSPS) is 10.8. The largest absolute Gasteiger partial charge is 0.508 e. The summed E-state index contributed by atoms with van der Waals surface area (Å²) in [7, 11) is 0. The van der Waals surface area contributed by atoms with Crippen LogP contribution in [0, 0.1) is 0 Å². The molecule has 0 spiro atoms. The number of phenols is 1. The van der Waals surface area contributed by atoms with E-state index in [2.05, 4.69) is 0 Å². The van der Waals surface area contributed by atoms with Gasteiger partial charge >= 0.3 is 11.6 Å². The summed E-state index contributed by atoms with van der Waals surface area (Å²) in [5.41, 5.74) is 0.274. The van der Waals surface area contributed by atoms with Gasteiger partial charge in [0.1, 0.15) is 17.9 Å². The van der Waals surface area contributed by atoms with Crippen molar-refractivity contribution in [3.63, 3.8) is 0 Å². The van der Waals surface area contributed by atoms with Crippen molar-refractivity contribution in [2.75, 3.05) is 0 Å². The highest BCUT2D eigenvalue weighted by molar-refractivity contribution is 7.09. The Morgan fingerprint density at radius 1 is 1.26 bits per heavy atom. The Labute approximate surface area is 135 Å². The average Bonchev–Trinajstić information content (AvgIpc) is 3.03. The SMILES string of the molecule is O=C(CCc1cccs1)OCc1cc(=O)oc2cc(O)ccc12. The van der Waals surface area contributed by atoms with Gasteiger partial charge in [0.15, 0.2) is 0 Å². The van der Waals surface area contributed by atoms with Gasteiger partial charge < -0.3 is 14.3 Å². The molecule has 0 saturated carbocycles. The topological polar surface area (TPSA) is 76.7 Å². The van der Waals surface area contributed by atoms with E-state index in [1.54, 1.807) is 17.4 Å². The highest BCUT2D eigenvalue weighted by Gasteiger charge is 2.10. The van der Waals surface area contributed by atoms with Crippen LogP contribution in [-0.4, -0.2) is 11.1 Å². The standard InChI is InChI=1S/C17H14O5S/c18-12-3-5-14-11(8-17(20)22-15(14)9-12)10-21-16(19)6-4-13-2-1-7-23-13/h1-3,5,7-9,18H,4,6,10H2. The number of ether oxygens (including phenoxy) is 1. The molecule has 23 heavy (non-hydrogen) atoms. The summed E-state index contributed by atoms with van der Waals surface area (Å²) in [5.74, 6) is -0.315. The molecular weight excluding hydrogens is 316 g/mol. The Bertz CT molecular complexity index is 880. The third-order valence-electron chi connectivity index (χ3n) is 3.36. The lowest BCUT2D eigenvalue weighted by Gasteiger charge is -2.07. The minimum absolute atomic E-state index is 0.00382. The van der Waals surface area contributed by atoms with Crippen LogP contribution in [0.4, 0.5) is 0 Å². The third kappa shape index (κ3) is 3.78. The lowest BCUT2D eigenvalue weighted by atomic mass is 10.1. The minimum atomic E-state index is -0.548. The number of phenolic OH excluding ortho intramolecular Hbond substituents is 1. The van der Waals surface area contributed by atoms with Crippen molar-refractivity contribution in [2.45, 2.75) is 19.4 Å². The summed E-state index contributed by atoms with van der Waals surface area (Å²) in [6.45, 7) is -0.00382. The molecule has 118 valence electrons. The van der Waals surface area contributed by atoms with Gasteiger partial charge in [0, 0.05) is 28.0 Å². The van der Waals surface area contributed by atoms with Crippen molar-refractivity contribution < 1.29 is 19.1 Å². The minimum Gasteiger partial charge on any atom is -0.508 e. The number of carbonyl (C=O) groups excluding carboxylic acids is 1. The molecule has 0 unspecified atom stereocenters. The van der Waals surface area contributed by atoms with Gasteiger partial charge in [-0.25, -0.2) is 4.79 Å². The van der Waals surface area contributed by atoms with E-state index in [0.717, 1.165) is 4.88 Å². The molecule has 2 heterocycles. The van der Waals surface area contributed by atoms with Gasteiger partial charge in [0.2, 0.25) is 0 Å². The van der Waals surface area contributed by atoms with Crippen molar-refractivity contribution in [3.8, 4) is 5.75 Å². The molecule has 0 atom stereocenters. The smallest absolute Gasteiger partial charge is 0.336 e. The van der Waals surface area contributed by atoms with Gasteiger partial charge in [-0.1, -0.05) is 6.07 Å². The highest BCUT2D eigenvalue weighted by atomic mass is 32.1. The second kappa shape index (κ2) is 6.66. The van der Waals surface area contributed by atoms with Gasteiger partial charge in [0.05, 0.1) is 6.42 Å². The summed E-state index contributed by atoms with van der Waals surface area (Å²) in [6, 6.07) is 9.69. The molecule has 3 aromatic rings. The molecule has 2 aromatic heterocycles. The maximum Gasteiger partial charge on any atom is 0.336 e. The summed E-state index contributed by atoms with van der Waals surface area (Å²) < 4.78 is 10.3. The van der Waals surface area contributed by atoms with Crippen LogP contribution >= 0.6 is 11.3 Å². The molecule has 0 radical (unpaired) electrons. The van der Waals surface area contributed by atoms with Gasteiger partial charge in [-0.2, -0.15) is 0 Å². The van der Waals surface area contributed by atoms with Crippen LogP contribution in [0.1, 0.15) is 16.9 Å². The van der Waals surface area contributed by atoms with Crippen LogP contribution in [-0.2, 0) is 22.6 Å². The Morgan fingerprint density at radius 3 is 2.91 bits per heavy atom. The van der Waals surface area contributed by atoms with Crippen molar-refractivity contribution in [1.29, 1.82) is 0 Å². The fraction of sp³-hybridized carbons (Fsp3) is 0.176. The van der Waals surface area contributed by atoms with E-state index in [4.69, 9.17) is 9.15 Å². The third-order valence-corrected chi connectivity index (χ3v) is 4.29. The van der Waals surface area contributed by atoms with Gasteiger partial charge in [-0.05, 0) is 30.0 Å². The van der Waals surface area contributed by atoms with Crippen LogP contribution in [0.15, 0.2) is 51.0 Å². The predicted octanol–water partition coefficient (Wildman–Crippen LogP) is 3.24. The zero-order valence-electron chi connectivity index (χ0n) is 12.2. The first-order valence-corrected chi connectivity index (χ1v) is 7.93. The molecule has 1 N–H and O–H groups in total. The number of carbonyl (C=O) groups is 1. The fourth-order valence-electron chi connectivity index (χ4n) is 2.25. The first-order valence-electron chi connectivity index (χ1n) is 7.05. The number of rotatable bonds is 5. The molecule has 0 aliphatic heterocycles. The van der Waals surface area contributed by atoms with Crippen LogP contribution in [0.3, 0.4) is 0 Å². The lowest BCUT2D eigenvalue weighted by molar-refractivity contribution is -0.144. The van der Waals surface area contributed by atoms with Crippen LogP contribution in [0.2, 0.25) is 0 Å². The number of hydrogen-bond acceptors (Lipinski definition) is 6. The Morgan fingerprint density at radius 2 is 2.13 bits per heavy atom. The Balaban J connectivity index is 1.69. The number of hydrogen-bond donors (Lipinski definition) is 1. The highest BCUT2D eigenvalue weighted by Crippen LogP contribution is 2.22. The van der Waals surface area contributed by atoms with E-state index in [9.17, 15) is 14.7 Å². The molecule has 0 saturated heterocycles. The summed E-state index contributed by atoms with van der Waals surface area (Å²) in [5, 5.41) is 12.0. The van der Waals surface area contributed by atoms with Crippen LogP contribution in [0.25, 0.3) is 11.0 Å². The van der Waals surface area contributed by atoms with E-state index in [1.165, 1.54) is 18.2 Å². The molecule has 0 aliphatic rings. The van der Waals surface area contributed by atoms with Crippen molar-refractivity contribution in [2.24, 2.45) is 0 Å². The predicted molar refractivity (Wildman–Crippen MR) is 86.6 cm³/mol. The molecule has 6 heteroatoms. The van der Waals surface area contributed by atoms with Gasteiger partial charge in [-0.3, -0.25) is 4.79 Å². The zero-order valence-corrected chi connectivity index (χ0v) is 13.0. The quantitative estimate of drug-likeness (QED) is 0.574. The number of thiophene rings is 1. The van der Waals surface area contributed by atoms with E-state index >= 15 is 0 Å². The Kier molecular flexibility index (Phi) is 4.43. The number of fused-ring (bicyclic) bond motifs is 1. The summed E-state index contributed by atoms with van der Waals surface area (Å²) >= 11 is 1.60. The van der Waals surface area contributed by atoms with Crippen molar-refractivity contribution in [1.82, 2.24) is 0 Å². The van der Waals surface area contributed by atoms with E-state index in [0.29, 0.717) is 23.8 Å². The van der Waals surface area contributed by atoms with E-state index < -0.39 is 5.63 Å². The summed E-state index contributed by atoms with van der Waals surface area (Å²) in [6.07, 6.45) is 0.933. The number of esters is 1. The monoisotopic (exact) mass is 330 g/mol. The first-order chi connectivity index (χ1) is 11.1. The van der Waals surface area contributed by atoms with E-state index in [-0.39, 0.29) is 23.9 Å². The average molecular weight is 330 g/mol. The molecule has 0 amide bonds. The molecule has 3 rings (SSSR count). The number of aromatic hydroxyl groups is 1. The molecular formula is C17H14O5S. The fourth-order valence-corrected chi connectivity index (χ4v) is 2.96. The van der Waals surface area contributed by atoms with Crippen molar-refractivity contribution >= 4 is 28.3 Å². The molecule has 0 bridgehead atoms. The lowest BCUT2D eigenvalue weighted by Crippen LogP contribution is -2.08. The van der Waals surface area contributed by atoms with Gasteiger partial charge in [0.25, 0.3) is 0 Å². The second-order valence-electron chi connectivity index (χ2n) is 5.01. The zero-order chi connectivity index (χ0) is 16.2.